The van der Waals surface area contributed by atoms with Gasteiger partial charge in [-0.3, -0.25) is 14.0 Å². The fraction of sp³-hybridized carbons (Fsp3) is 0.412. The van der Waals surface area contributed by atoms with Gasteiger partial charge in [-0.15, -0.1) is 0 Å². The van der Waals surface area contributed by atoms with Crippen molar-refractivity contribution in [3.63, 3.8) is 0 Å². The summed E-state index contributed by atoms with van der Waals surface area (Å²) < 4.78 is 1.38. The van der Waals surface area contributed by atoms with Gasteiger partial charge in [-0.25, -0.2) is 9.78 Å². The molecule has 0 spiro atoms. The van der Waals surface area contributed by atoms with Crippen molar-refractivity contribution >= 4 is 17.6 Å². The van der Waals surface area contributed by atoms with Gasteiger partial charge in [-0.2, -0.15) is 0 Å². The monoisotopic (exact) mass is 341 g/mol. The van der Waals surface area contributed by atoms with Crippen molar-refractivity contribution in [1.82, 2.24) is 24.5 Å². The molecule has 0 radical (unpaired) electrons. The molecule has 130 valence electrons. The van der Waals surface area contributed by atoms with Gasteiger partial charge in [0.1, 0.15) is 11.2 Å². The summed E-state index contributed by atoms with van der Waals surface area (Å²) in [6.45, 7) is 2.33. The molecule has 4 heterocycles. The summed E-state index contributed by atoms with van der Waals surface area (Å²) in [5, 5.41) is 2.79. The van der Waals surface area contributed by atoms with Gasteiger partial charge in [0.15, 0.2) is 0 Å². The van der Waals surface area contributed by atoms with Crippen LogP contribution in [0.15, 0.2) is 35.4 Å². The lowest BCUT2D eigenvalue weighted by atomic mass is 10.0. The molecular formula is C17H19N5O3. The first-order chi connectivity index (χ1) is 12.1. The number of aromatic nitrogens is 2. The summed E-state index contributed by atoms with van der Waals surface area (Å²) in [6.07, 6.45) is 4.63. The fourth-order valence-electron chi connectivity index (χ4n) is 3.57. The number of likely N-dealkylation sites (tertiary alicyclic amines) is 1. The summed E-state index contributed by atoms with van der Waals surface area (Å²) in [7, 11) is 0. The maximum Gasteiger partial charge on any atom is 0.317 e. The molecule has 3 amide bonds. The first-order valence-electron chi connectivity index (χ1n) is 8.45. The molecule has 2 aliphatic heterocycles. The Morgan fingerprint density at radius 2 is 2.12 bits per heavy atom. The molecule has 2 aliphatic rings. The third kappa shape index (κ3) is 2.73. The molecule has 2 saturated heterocycles. The highest BCUT2D eigenvalue weighted by Gasteiger charge is 2.33. The molecule has 0 aromatic carbocycles. The van der Waals surface area contributed by atoms with E-state index in [1.54, 1.807) is 34.2 Å². The molecule has 1 N–H and O–H groups in total. The number of pyridine rings is 1. The van der Waals surface area contributed by atoms with Crippen LogP contribution in [0, 0.1) is 0 Å². The number of nitrogens with one attached hydrogen (secondary N) is 1. The van der Waals surface area contributed by atoms with E-state index in [9.17, 15) is 14.4 Å². The second kappa shape index (κ2) is 6.19. The van der Waals surface area contributed by atoms with Crippen LogP contribution in [0.3, 0.4) is 0 Å². The van der Waals surface area contributed by atoms with Gasteiger partial charge < -0.3 is 15.1 Å². The van der Waals surface area contributed by atoms with Crippen LogP contribution in [0.25, 0.3) is 5.65 Å². The number of amides is 3. The Balaban J connectivity index is 1.59. The van der Waals surface area contributed by atoms with Gasteiger partial charge in [-0.05, 0) is 25.0 Å². The number of hydrogen-bond donors (Lipinski definition) is 1. The smallest absolute Gasteiger partial charge is 0.317 e. The van der Waals surface area contributed by atoms with E-state index in [2.05, 4.69) is 10.3 Å². The Kier molecular flexibility index (Phi) is 3.87. The zero-order chi connectivity index (χ0) is 17.4. The highest BCUT2D eigenvalue weighted by molar-refractivity contribution is 5.94. The normalized spacial score (nSPS) is 20.8. The number of carbonyl (C=O) groups is 2. The summed E-state index contributed by atoms with van der Waals surface area (Å²) in [5.74, 6) is -0.319. The quantitative estimate of drug-likeness (QED) is 0.852. The molecule has 8 nitrogen and oxygen atoms in total. The van der Waals surface area contributed by atoms with E-state index in [1.807, 2.05) is 0 Å². The standard InChI is InChI=1S/C17H19N5O3/c23-15(13-10-19-14-5-1-2-8-22(14)16(13)24)20-7-3-4-12(11-20)21-9-6-18-17(21)25/h1-2,5,8,10,12H,3-4,6-7,9,11H2,(H,18,25)/t12-/m0/s1. The van der Waals surface area contributed by atoms with Crippen LogP contribution < -0.4 is 10.9 Å². The van der Waals surface area contributed by atoms with E-state index in [-0.39, 0.29) is 29.1 Å². The van der Waals surface area contributed by atoms with Gasteiger partial charge in [0, 0.05) is 38.6 Å². The van der Waals surface area contributed by atoms with E-state index in [0.29, 0.717) is 31.8 Å². The fourth-order valence-corrected chi connectivity index (χ4v) is 3.57. The molecule has 0 unspecified atom stereocenters. The van der Waals surface area contributed by atoms with Crippen molar-refractivity contribution in [2.24, 2.45) is 0 Å². The van der Waals surface area contributed by atoms with Crippen LogP contribution in [0.5, 0.6) is 0 Å². The number of fused-ring (bicyclic) bond motifs is 1. The van der Waals surface area contributed by atoms with Crippen LogP contribution in [0.1, 0.15) is 23.2 Å². The lowest BCUT2D eigenvalue weighted by molar-refractivity contribution is 0.0632. The Labute approximate surface area is 144 Å². The topological polar surface area (TPSA) is 87.0 Å². The minimum absolute atomic E-state index is 0.00336. The van der Waals surface area contributed by atoms with E-state index in [0.717, 1.165) is 12.8 Å². The Morgan fingerprint density at radius 1 is 1.24 bits per heavy atom. The van der Waals surface area contributed by atoms with Crippen molar-refractivity contribution in [2.75, 3.05) is 26.2 Å². The SMILES string of the molecule is O=C(c1cnc2ccccn2c1=O)N1CCC[C@H](N2CCNC2=O)C1. The van der Waals surface area contributed by atoms with Crippen molar-refractivity contribution < 1.29 is 9.59 Å². The number of urea groups is 1. The largest absolute Gasteiger partial charge is 0.336 e. The highest BCUT2D eigenvalue weighted by Crippen LogP contribution is 2.19. The molecule has 4 rings (SSSR count). The van der Waals surface area contributed by atoms with Gasteiger partial charge in [0.25, 0.3) is 11.5 Å². The molecule has 8 heteroatoms. The lowest BCUT2D eigenvalue weighted by Gasteiger charge is -2.36. The molecule has 1 atom stereocenters. The van der Waals surface area contributed by atoms with Crippen LogP contribution in [0.4, 0.5) is 4.79 Å². The Hall–Kier alpha value is -2.90. The maximum absolute atomic E-state index is 12.9. The van der Waals surface area contributed by atoms with E-state index in [1.165, 1.54) is 10.6 Å². The molecule has 0 bridgehead atoms. The number of rotatable bonds is 2. The van der Waals surface area contributed by atoms with Crippen LogP contribution in [0.2, 0.25) is 0 Å². The van der Waals surface area contributed by atoms with Crippen molar-refractivity contribution in [1.29, 1.82) is 0 Å². The van der Waals surface area contributed by atoms with Gasteiger partial charge in [0.2, 0.25) is 0 Å². The Morgan fingerprint density at radius 3 is 2.92 bits per heavy atom. The third-order valence-electron chi connectivity index (χ3n) is 4.86. The highest BCUT2D eigenvalue weighted by atomic mass is 16.2. The summed E-state index contributed by atoms with van der Waals surface area (Å²) >= 11 is 0. The predicted molar refractivity (Wildman–Crippen MR) is 90.5 cm³/mol. The zero-order valence-corrected chi connectivity index (χ0v) is 13.7. The number of piperidine rings is 1. The third-order valence-corrected chi connectivity index (χ3v) is 4.86. The second-order valence-corrected chi connectivity index (χ2v) is 6.38. The van der Waals surface area contributed by atoms with Crippen LogP contribution >= 0.6 is 0 Å². The minimum atomic E-state index is -0.364. The predicted octanol–water partition coefficient (Wildman–Crippen LogP) is 0.324. The molecule has 2 aromatic heterocycles. The van der Waals surface area contributed by atoms with E-state index < -0.39 is 0 Å². The number of hydrogen-bond acceptors (Lipinski definition) is 4. The summed E-state index contributed by atoms with van der Waals surface area (Å²) in [5.41, 5.74) is 0.209. The van der Waals surface area contributed by atoms with Gasteiger partial charge >= 0.3 is 6.03 Å². The minimum Gasteiger partial charge on any atom is -0.336 e. The summed E-state index contributed by atoms with van der Waals surface area (Å²) in [4.78, 5) is 45.0. The van der Waals surface area contributed by atoms with Crippen molar-refractivity contribution in [3.8, 4) is 0 Å². The Bertz CT molecular complexity index is 893. The average Bonchev–Trinajstić information content (AvgIpc) is 3.08. The zero-order valence-electron chi connectivity index (χ0n) is 13.7. The molecule has 0 aliphatic carbocycles. The first-order valence-corrected chi connectivity index (χ1v) is 8.45. The number of nitrogens with zero attached hydrogens (tertiary/aromatic N) is 4. The molecule has 2 aromatic rings. The van der Waals surface area contributed by atoms with Crippen LogP contribution in [-0.2, 0) is 0 Å². The van der Waals surface area contributed by atoms with Crippen LogP contribution in [-0.4, -0.2) is 63.3 Å². The molecule has 2 fully saturated rings. The van der Waals surface area contributed by atoms with Gasteiger partial charge in [-0.1, -0.05) is 6.07 Å². The lowest BCUT2D eigenvalue weighted by Crippen LogP contribution is -2.51. The van der Waals surface area contributed by atoms with Gasteiger partial charge in [0.05, 0.1) is 6.04 Å². The first kappa shape index (κ1) is 15.6. The summed E-state index contributed by atoms with van der Waals surface area (Å²) in [6, 6.07) is 5.16. The molecular weight excluding hydrogens is 322 g/mol. The van der Waals surface area contributed by atoms with Crippen molar-refractivity contribution in [3.05, 3.63) is 46.5 Å². The van der Waals surface area contributed by atoms with E-state index in [4.69, 9.17) is 0 Å². The molecule has 0 saturated carbocycles. The van der Waals surface area contributed by atoms with E-state index >= 15 is 0 Å². The second-order valence-electron chi connectivity index (χ2n) is 6.38. The van der Waals surface area contributed by atoms with Crippen molar-refractivity contribution in [2.45, 2.75) is 18.9 Å². The average molecular weight is 341 g/mol. The number of carbonyl (C=O) groups excluding carboxylic acids is 2. The maximum atomic E-state index is 12.9. The molecule has 25 heavy (non-hydrogen) atoms.